The fourth-order valence-corrected chi connectivity index (χ4v) is 3.76. The number of carbonyl (C=O) groups excluding carboxylic acids is 2. The van der Waals surface area contributed by atoms with Crippen LogP contribution in [0.4, 0.5) is 5.00 Å². The molecule has 0 unspecified atom stereocenters. The lowest BCUT2D eigenvalue weighted by atomic mass is 10.0. The van der Waals surface area contributed by atoms with Gasteiger partial charge in [0.1, 0.15) is 5.00 Å². The summed E-state index contributed by atoms with van der Waals surface area (Å²) >= 11 is 1.30. The number of primary amides is 1. The van der Waals surface area contributed by atoms with Gasteiger partial charge < -0.3 is 25.4 Å². The van der Waals surface area contributed by atoms with Crippen LogP contribution in [-0.4, -0.2) is 55.3 Å². The van der Waals surface area contributed by atoms with E-state index >= 15 is 0 Å². The molecule has 7 nitrogen and oxygen atoms in total. The van der Waals surface area contributed by atoms with E-state index < -0.39 is 5.91 Å². The van der Waals surface area contributed by atoms with E-state index in [9.17, 15) is 9.59 Å². The van der Waals surface area contributed by atoms with E-state index in [-0.39, 0.29) is 11.7 Å². The Balaban J connectivity index is 1.43. The topological polar surface area (TPSA) is 93.9 Å². The molecule has 0 aromatic carbocycles. The van der Waals surface area contributed by atoms with E-state index in [0.29, 0.717) is 36.7 Å². The number of ether oxygens (including phenoxy) is 2. The van der Waals surface area contributed by atoms with E-state index in [1.165, 1.54) is 11.3 Å². The van der Waals surface area contributed by atoms with Crippen LogP contribution >= 0.6 is 11.3 Å². The van der Waals surface area contributed by atoms with Crippen molar-refractivity contribution in [2.24, 2.45) is 5.73 Å². The van der Waals surface area contributed by atoms with Crippen LogP contribution in [0.5, 0.6) is 0 Å². The highest BCUT2D eigenvalue weighted by Crippen LogP contribution is 2.31. The molecule has 3 heterocycles. The highest BCUT2D eigenvalue weighted by atomic mass is 32.1. The number of carbonyl (C=O) groups is 2. The molecule has 3 rings (SSSR count). The van der Waals surface area contributed by atoms with Crippen LogP contribution < -0.4 is 11.1 Å². The Morgan fingerprint density at radius 2 is 2.00 bits per heavy atom. The number of nitrogens with two attached hydrogens (primary N) is 1. The Morgan fingerprint density at radius 1 is 1.30 bits per heavy atom. The Labute approximate surface area is 138 Å². The number of likely N-dealkylation sites (tertiary alicyclic amines) is 1. The number of rotatable bonds is 5. The molecular formula is C15H21N3O4S. The second-order valence-electron chi connectivity index (χ2n) is 5.78. The number of hydrogen-bond donors (Lipinski definition) is 2. The summed E-state index contributed by atoms with van der Waals surface area (Å²) in [5, 5.41) is 5.02. The summed E-state index contributed by atoms with van der Waals surface area (Å²) in [6.45, 7) is 3.74. The van der Waals surface area contributed by atoms with E-state index in [1.54, 1.807) is 11.4 Å². The molecule has 2 aliphatic rings. The Morgan fingerprint density at radius 3 is 2.65 bits per heavy atom. The number of piperidine rings is 1. The van der Waals surface area contributed by atoms with E-state index in [1.807, 2.05) is 0 Å². The lowest BCUT2D eigenvalue weighted by molar-refractivity contribution is -0.185. The van der Waals surface area contributed by atoms with Gasteiger partial charge in [-0.25, -0.2) is 0 Å². The molecule has 2 amide bonds. The highest BCUT2D eigenvalue weighted by Gasteiger charge is 2.39. The molecule has 1 aromatic heterocycles. The monoisotopic (exact) mass is 339 g/mol. The SMILES string of the molecule is NC(=O)c1ccsc1NC(=O)CCN1CCC2(CC1)OCCO2. The number of nitrogens with zero attached hydrogens (tertiary/aromatic N) is 1. The van der Waals surface area contributed by atoms with Gasteiger partial charge in [0.15, 0.2) is 5.79 Å². The van der Waals surface area contributed by atoms with Crippen molar-refractivity contribution in [1.82, 2.24) is 4.90 Å². The first-order valence-corrected chi connectivity index (χ1v) is 8.63. The van der Waals surface area contributed by atoms with Gasteiger partial charge in [0, 0.05) is 38.9 Å². The zero-order chi connectivity index (χ0) is 16.3. The van der Waals surface area contributed by atoms with Crippen molar-refractivity contribution in [2.45, 2.75) is 25.0 Å². The summed E-state index contributed by atoms with van der Waals surface area (Å²) in [5.74, 6) is -1.02. The van der Waals surface area contributed by atoms with Crippen molar-refractivity contribution in [2.75, 3.05) is 38.2 Å². The van der Waals surface area contributed by atoms with Crippen LogP contribution in [-0.2, 0) is 14.3 Å². The van der Waals surface area contributed by atoms with Crippen LogP contribution in [0.15, 0.2) is 11.4 Å². The van der Waals surface area contributed by atoms with Crippen molar-refractivity contribution in [3.05, 3.63) is 17.0 Å². The lowest BCUT2D eigenvalue weighted by Crippen LogP contribution is -2.45. The van der Waals surface area contributed by atoms with Gasteiger partial charge in [0.05, 0.1) is 18.8 Å². The third kappa shape index (κ3) is 3.89. The Kier molecular flexibility index (Phi) is 4.96. The second kappa shape index (κ2) is 6.96. The molecule has 2 aliphatic heterocycles. The maximum atomic E-state index is 12.0. The summed E-state index contributed by atoms with van der Waals surface area (Å²) in [7, 11) is 0. The standard InChI is InChI=1S/C15H21N3O4S/c16-13(20)11-2-10-23-14(11)17-12(19)1-5-18-6-3-15(4-7-18)21-8-9-22-15/h2,10H,1,3-9H2,(H2,16,20)(H,17,19). The summed E-state index contributed by atoms with van der Waals surface area (Å²) in [4.78, 5) is 25.5. The van der Waals surface area contributed by atoms with Gasteiger partial charge in [-0.05, 0) is 11.4 Å². The van der Waals surface area contributed by atoms with Gasteiger partial charge >= 0.3 is 0 Å². The average Bonchev–Trinajstić information content (AvgIpc) is 3.17. The molecule has 0 saturated carbocycles. The zero-order valence-corrected chi connectivity index (χ0v) is 13.7. The summed E-state index contributed by atoms with van der Waals surface area (Å²) in [5.41, 5.74) is 5.63. The van der Waals surface area contributed by atoms with E-state index in [4.69, 9.17) is 15.2 Å². The first kappa shape index (κ1) is 16.4. The van der Waals surface area contributed by atoms with Gasteiger partial charge in [-0.1, -0.05) is 0 Å². The largest absolute Gasteiger partial charge is 0.366 e. The van der Waals surface area contributed by atoms with Crippen LogP contribution in [0.3, 0.4) is 0 Å². The normalized spacial score (nSPS) is 20.7. The lowest BCUT2D eigenvalue weighted by Gasteiger charge is -2.37. The minimum Gasteiger partial charge on any atom is -0.366 e. The van der Waals surface area contributed by atoms with Gasteiger partial charge in [0.2, 0.25) is 5.91 Å². The number of thiophene rings is 1. The molecule has 3 N–H and O–H groups in total. The van der Waals surface area contributed by atoms with Gasteiger partial charge in [0.25, 0.3) is 5.91 Å². The van der Waals surface area contributed by atoms with Gasteiger partial charge in [-0.15, -0.1) is 11.3 Å². The summed E-state index contributed by atoms with van der Waals surface area (Å²) in [6, 6.07) is 1.62. The maximum absolute atomic E-state index is 12.0. The quantitative estimate of drug-likeness (QED) is 0.835. The van der Waals surface area contributed by atoms with E-state index in [0.717, 1.165) is 25.9 Å². The molecule has 2 fully saturated rings. The third-order valence-corrected chi connectivity index (χ3v) is 5.10. The van der Waals surface area contributed by atoms with Crippen molar-refractivity contribution in [3.63, 3.8) is 0 Å². The molecule has 1 aromatic rings. The first-order valence-electron chi connectivity index (χ1n) is 7.75. The van der Waals surface area contributed by atoms with Crippen molar-refractivity contribution >= 4 is 28.2 Å². The fourth-order valence-electron chi connectivity index (χ4n) is 2.95. The molecule has 0 radical (unpaired) electrons. The molecule has 2 saturated heterocycles. The van der Waals surface area contributed by atoms with Crippen LogP contribution in [0.25, 0.3) is 0 Å². The molecule has 23 heavy (non-hydrogen) atoms. The maximum Gasteiger partial charge on any atom is 0.251 e. The number of anilines is 1. The van der Waals surface area contributed by atoms with Crippen molar-refractivity contribution < 1.29 is 19.1 Å². The summed E-state index contributed by atoms with van der Waals surface area (Å²) < 4.78 is 11.4. The average molecular weight is 339 g/mol. The highest BCUT2D eigenvalue weighted by molar-refractivity contribution is 7.14. The first-order chi connectivity index (χ1) is 11.1. The van der Waals surface area contributed by atoms with Gasteiger partial charge in [-0.3, -0.25) is 9.59 Å². The van der Waals surface area contributed by atoms with Crippen LogP contribution in [0.2, 0.25) is 0 Å². The smallest absolute Gasteiger partial charge is 0.251 e. The van der Waals surface area contributed by atoms with Crippen LogP contribution in [0, 0.1) is 0 Å². The minimum atomic E-state index is -0.528. The number of amides is 2. The third-order valence-electron chi connectivity index (χ3n) is 4.27. The molecular weight excluding hydrogens is 318 g/mol. The Bertz CT molecular complexity index is 573. The van der Waals surface area contributed by atoms with Gasteiger partial charge in [-0.2, -0.15) is 0 Å². The van der Waals surface area contributed by atoms with Crippen LogP contribution in [0.1, 0.15) is 29.6 Å². The Hall–Kier alpha value is -1.48. The summed E-state index contributed by atoms with van der Waals surface area (Å²) in [6.07, 6.45) is 2.06. The van der Waals surface area contributed by atoms with Crippen molar-refractivity contribution in [1.29, 1.82) is 0 Å². The molecule has 1 spiro atoms. The molecule has 8 heteroatoms. The predicted molar refractivity (Wildman–Crippen MR) is 86.4 cm³/mol. The number of hydrogen-bond acceptors (Lipinski definition) is 6. The fraction of sp³-hybridized carbons (Fsp3) is 0.600. The molecule has 126 valence electrons. The van der Waals surface area contributed by atoms with E-state index in [2.05, 4.69) is 10.2 Å². The molecule has 0 bridgehead atoms. The predicted octanol–water partition coefficient (Wildman–Crippen LogP) is 1.01. The zero-order valence-electron chi connectivity index (χ0n) is 12.9. The molecule has 0 aliphatic carbocycles. The second-order valence-corrected chi connectivity index (χ2v) is 6.69. The number of nitrogens with one attached hydrogen (secondary N) is 1. The van der Waals surface area contributed by atoms with Crippen molar-refractivity contribution in [3.8, 4) is 0 Å². The molecule has 0 atom stereocenters. The minimum absolute atomic E-state index is 0.108.